The number of pyridine rings is 2. The van der Waals surface area contributed by atoms with Gasteiger partial charge in [0.05, 0.1) is 5.69 Å². The number of anilines is 1. The maximum Gasteiger partial charge on any atom is 0.251 e. The average Bonchev–Trinajstić information content (AvgIpc) is 2.90. The fourth-order valence-corrected chi connectivity index (χ4v) is 5.84. The molecule has 2 N–H and O–H groups in total. The predicted octanol–water partition coefficient (Wildman–Crippen LogP) is 5.34. The Hall–Kier alpha value is -3.16. The summed E-state index contributed by atoms with van der Waals surface area (Å²) in [4.78, 5) is 38.4. The second-order valence-electron chi connectivity index (χ2n) is 10.4. The van der Waals surface area contributed by atoms with Gasteiger partial charge in [0.15, 0.2) is 5.43 Å². The minimum absolute atomic E-state index is 0.0967. The van der Waals surface area contributed by atoms with E-state index in [1.165, 1.54) is 0 Å². The van der Waals surface area contributed by atoms with E-state index in [1.807, 2.05) is 32.0 Å². The minimum atomic E-state index is -0.251. The molecular weight excluding hydrogens is 498 g/mol. The third kappa shape index (κ3) is 6.11. The van der Waals surface area contributed by atoms with E-state index in [1.54, 1.807) is 24.5 Å². The van der Waals surface area contributed by atoms with Crippen LogP contribution >= 0.6 is 11.6 Å². The van der Waals surface area contributed by atoms with Crippen molar-refractivity contribution in [3.05, 3.63) is 80.4 Å². The molecule has 8 heteroatoms. The highest BCUT2D eigenvalue weighted by atomic mass is 35.5. The fourth-order valence-electron chi connectivity index (χ4n) is 5.63. The zero-order valence-corrected chi connectivity index (χ0v) is 23.7. The molecule has 0 spiro atoms. The van der Waals surface area contributed by atoms with Crippen LogP contribution < -0.4 is 15.6 Å². The van der Waals surface area contributed by atoms with Gasteiger partial charge in [-0.2, -0.15) is 0 Å². The van der Waals surface area contributed by atoms with E-state index in [9.17, 15) is 9.59 Å². The highest BCUT2D eigenvalue weighted by Crippen LogP contribution is 2.34. The van der Waals surface area contributed by atoms with Gasteiger partial charge in [-0.15, -0.1) is 0 Å². The van der Waals surface area contributed by atoms with Crippen LogP contribution in [0, 0.1) is 13.8 Å². The largest absolute Gasteiger partial charge is 0.369 e. The molecular formula is C30H38ClN5O2. The first-order valence-electron chi connectivity index (χ1n) is 13.3. The minimum Gasteiger partial charge on any atom is -0.369 e. The third-order valence-corrected chi connectivity index (χ3v) is 7.96. The highest BCUT2D eigenvalue weighted by Gasteiger charge is 2.28. The van der Waals surface area contributed by atoms with Crippen LogP contribution in [0.3, 0.4) is 0 Å². The number of aromatic nitrogens is 2. The molecule has 4 rings (SSSR count). The van der Waals surface area contributed by atoms with E-state index in [4.69, 9.17) is 11.6 Å². The second-order valence-corrected chi connectivity index (χ2v) is 10.8. The lowest BCUT2D eigenvalue weighted by atomic mass is 9.89. The summed E-state index contributed by atoms with van der Waals surface area (Å²) in [6.07, 6.45) is 7.90. The monoisotopic (exact) mass is 535 g/mol. The lowest BCUT2D eigenvalue weighted by Gasteiger charge is -2.40. The zero-order chi connectivity index (χ0) is 27.4. The number of hydrogen-bond donors (Lipinski definition) is 2. The number of rotatable bonds is 8. The summed E-state index contributed by atoms with van der Waals surface area (Å²) in [6, 6.07) is 9.96. The normalized spacial score (nSPS) is 17.4. The third-order valence-electron chi connectivity index (χ3n) is 7.74. The molecule has 1 aliphatic carbocycles. The van der Waals surface area contributed by atoms with Gasteiger partial charge in [-0.05, 0) is 90.4 Å². The smallest absolute Gasteiger partial charge is 0.251 e. The van der Waals surface area contributed by atoms with Crippen LogP contribution in [0.1, 0.15) is 59.8 Å². The van der Waals surface area contributed by atoms with Gasteiger partial charge >= 0.3 is 0 Å². The van der Waals surface area contributed by atoms with Gasteiger partial charge in [0.25, 0.3) is 5.91 Å². The predicted molar refractivity (Wildman–Crippen MR) is 155 cm³/mol. The summed E-state index contributed by atoms with van der Waals surface area (Å²) >= 11 is 6.56. The van der Waals surface area contributed by atoms with Crippen molar-refractivity contribution in [3.8, 4) is 11.3 Å². The Labute approximate surface area is 230 Å². The van der Waals surface area contributed by atoms with Gasteiger partial charge in [-0.25, -0.2) is 0 Å². The second kappa shape index (κ2) is 12.1. The Morgan fingerprint density at radius 2 is 1.74 bits per heavy atom. The van der Waals surface area contributed by atoms with Gasteiger partial charge < -0.3 is 20.1 Å². The Balaban J connectivity index is 1.58. The lowest BCUT2D eigenvalue weighted by molar-refractivity contribution is 0.0950. The molecule has 0 atom stereocenters. The van der Waals surface area contributed by atoms with Gasteiger partial charge in [-0.1, -0.05) is 11.6 Å². The number of benzene rings is 1. The molecule has 1 aromatic carbocycles. The molecule has 202 valence electrons. The van der Waals surface area contributed by atoms with Crippen LogP contribution in [0.2, 0.25) is 5.02 Å². The van der Waals surface area contributed by atoms with Crippen molar-refractivity contribution < 1.29 is 4.79 Å². The first kappa shape index (κ1) is 27.9. The number of nitrogens with zero attached hydrogens (tertiary/aromatic N) is 3. The van der Waals surface area contributed by atoms with Crippen molar-refractivity contribution in [3.63, 3.8) is 0 Å². The molecule has 2 aromatic heterocycles. The number of carbonyl (C=O) groups is 1. The number of aromatic amines is 1. The van der Waals surface area contributed by atoms with Crippen LogP contribution in [0.15, 0.2) is 47.5 Å². The van der Waals surface area contributed by atoms with E-state index >= 15 is 0 Å². The number of amides is 1. The lowest BCUT2D eigenvalue weighted by Crippen LogP contribution is -2.42. The SMILES string of the molecule is CCN(c1cc(Cl)cc(C(=O)NCc2c(-c3ccncc3)[nH]c(C)cc2=O)c1C)C1CCC(N(C)C)CC1. The first-order valence-corrected chi connectivity index (χ1v) is 13.7. The van der Waals surface area contributed by atoms with Crippen molar-refractivity contribution in [1.82, 2.24) is 20.2 Å². The molecule has 0 unspecified atom stereocenters. The van der Waals surface area contributed by atoms with Gasteiger partial charge in [0.2, 0.25) is 0 Å². The molecule has 0 saturated heterocycles. The van der Waals surface area contributed by atoms with Crippen molar-refractivity contribution in [2.24, 2.45) is 0 Å². The summed E-state index contributed by atoms with van der Waals surface area (Å²) in [5, 5.41) is 3.51. The summed E-state index contributed by atoms with van der Waals surface area (Å²) in [5.41, 5.74) is 5.10. The number of hydrogen-bond acceptors (Lipinski definition) is 5. The van der Waals surface area contributed by atoms with Crippen LogP contribution in [-0.2, 0) is 6.54 Å². The molecule has 1 amide bonds. The summed E-state index contributed by atoms with van der Waals surface area (Å²) in [6.45, 7) is 6.92. The molecule has 1 aliphatic rings. The van der Waals surface area contributed by atoms with Crippen molar-refractivity contribution >= 4 is 23.2 Å². The molecule has 2 heterocycles. The van der Waals surface area contributed by atoms with E-state index in [0.717, 1.165) is 54.7 Å². The quantitative estimate of drug-likeness (QED) is 0.407. The number of aryl methyl sites for hydroxylation is 1. The Morgan fingerprint density at radius 3 is 2.37 bits per heavy atom. The molecule has 0 aliphatic heterocycles. The molecule has 38 heavy (non-hydrogen) atoms. The average molecular weight is 536 g/mol. The van der Waals surface area contributed by atoms with Crippen LogP contribution in [-0.4, -0.2) is 53.5 Å². The molecule has 1 saturated carbocycles. The number of nitrogens with one attached hydrogen (secondary N) is 2. The zero-order valence-electron chi connectivity index (χ0n) is 23.0. The molecule has 3 aromatic rings. The Morgan fingerprint density at radius 1 is 1.08 bits per heavy atom. The summed E-state index contributed by atoms with van der Waals surface area (Å²) < 4.78 is 0. The summed E-state index contributed by atoms with van der Waals surface area (Å²) in [5.74, 6) is -0.251. The van der Waals surface area contributed by atoms with Gasteiger partial charge in [0.1, 0.15) is 0 Å². The maximum atomic E-state index is 13.5. The van der Waals surface area contributed by atoms with Crippen molar-refractivity contribution in [1.29, 1.82) is 0 Å². The van der Waals surface area contributed by atoms with Gasteiger partial charge in [0, 0.05) is 76.7 Å². The topological polar surface area (TPSA) is 81.3 Å². The maximum absolute atomic E-state index is 13.5. The van der Waals surface area contributed by atoms with E-state index in [0.29, 0.717) is 33.9 Å². The van der Waals surface area contributed by atoms with Gasteiger partial charge in [-0.3, -0.25) is 14.6 Å². The molecule has 1 fully saturated rings. The highest BCUT2D eigenvalue weighted by molar-refractivity contribution is 6.31. The van der Waals surface area contributed by atoms with E-state index in [-0.39, 0.29) is 17.9 Å². The summed E-state index contributed by atoms with van der Waals surface area (Å²) in [7, 11) is 4.30. The van der Waals surface area contributed by atoms with Crippen LogP contribution in [0.4, 0.5) is 5.69 Å². The van der Waals surface area contributed by atoms with E-state index in [2.05, 4.69) is 46.1 Å². The number of H-pyrrole nitrogens is 1. The molecule has 0 radical (unpaired) electrons. The fraction of sp³-hybridized carbons (Fsp3) is 0.433. The van der Waals surface area contributed by atoms with E-state index < -0.39 is 0 Å². The number of carbonyl (C=O) groups excluding carboxylic acids is 1. The number of halogens is 1. The molecule has 0 bridgehead atoms. The molecule has 7 nitrogen and oxygen atoms in total. The standard InChI is InChI=1S/C30H38ClN5O2/c1-6-36(24-9-7-23(8-10-24)35(4)5)27-17-22(31)16-25(20(27)3)30(38)33-18-26-28(37)15-19(2)34-29(26)21-11-13-32-14-12-21/h11-17,23-24H,6-10,18H2,1-5H3,(H,33,38)(H,34,37). The Bertz CT molecular complexity index is 1330. The van der Waals surface area contributed by atoms with Crippen molar-refractivity contribution in [2.75, 3.05) is 25.5 Å². The first-order chi connectivity index (χ1) is 18.2. The van der Waals surface area contributed by atoms with Crippen LogP contribution in [0.25, 0.3) is 11.3 Å². The van der Waals surface area contributed by atoms with Crippen LogP contribution in [0.5, 0.6) is 0 Å². The van der Waals surface area contributed by atoms with Crippen molar-refractivity contribution in [2.45, 2.75) is 65.1 Å². The Kier molecular flexibility index (Phi) is 8.90.